The van der Waals surface area contributed by atoms with Crippen molar-refractivity contribution in [1.82, 2.24) is 0 Å². The van der Waals surface area contributed by atoms with E-state index in [9.17, 15) is 14.7 Å². The van der Waals surface area contributed by atoms with Crippen LogP contribution in [-0.4, -0.2) is 23.7 Å². The molecule has 0 amide bonds. The van der Waals surface area contributed by atoms with Crippen LogP contribution in [0.2, 0.25) is 0 Å². The molecule has 4 rings (SSSR count). The van der Waals surface area contributed by atoms with Crippen LogP contribution in [0.4, 0.5) is 5.69 Å². The number of carbonyl (C=O) groups is 2. The zero-order valence-electron chi connectivity index (χ0n) is 15.5. The first-order chi connectivity index (χ1) is 14.0. The van der Waals surface area contributed by atoms with Crippen LogP contribution in [0.5, 0.6) is 0 Å². The first kappa shape index (κ1) is 18.5. The molecule has 0 bridgehead atoms. The van der Waals surface area contributed by atoms with Gasteiger partial charge in [-0.25, -0.2) is 9.59 Å². The normalized spacial score (nSPS) is 12.9. The maximum Gasteiger partial charge on any atom is 0.345 e. The molecule has 0 aliphatic heterocycles. The minimum absolute atomic E-state index is 0.0687. The summed E-state index contributed by atoms with van der Waals surface area (Å²) in [6.45, 7) is 0.0687. The number of ether oxygens (including phenoxy) is 1. The number of carboxylic acids is 1. The number of carbonyl (C=O) groups excluding carboxylic acids is 1. The monoisotopic (exact) mass is 385 g/mol. The van der Waals surface area contributed by atoms with Gasteiger partial charge < -0.3 is 15.6 Å². The molecule has 3 aromatic rings. The summed E-state index contributed by atoms with van der Waals surface area (Å²) in [6.07, 6.45) is 1.29. The number of fused-ring (bicyclic) bond motifs is 3. The third-order valence-electron chi connectivity index (χ3n) is 5.04. The second-order valence-corrected chi connectivity index (χ2v) is 6.86. The minimum Gasteiger partial charge on any atom is -0.477 e. The van der Waals surface area contributed by atoms with E-state index in [0.29, 0.717) is 11.3 Å². The lowest BCUT2D eigenvalue weighted by atomic mass is 9.98. The molecule has 0 aromatic heterocycles. The number of aliphatic carboxylic acids is 1. The quantitative estimate of drug-likeness (QED) is 0.227. The SMILES string of the molecule is Nc1ccc(C=C(C(=O)O)C(=O)OCC2c3ccccc3-c3ccccc32)cc1. The van der Waals surface area contributed by atoms with Crippen molar-refractivity contribution in [2.45, 2.75) is 5.92 Å². The molecule has 1 aliphatic rings. The van der Waals surface area contributed by atoms with Gasteiger partial charge in [0, 0.05) is 11.6 Å². The molecule has 1 aliphatic carbocycles. The summed E-state index contributed by atoms with van der Waals surface area (Å²) in [7, 11) is 0. The Labute approximate surface area is 168 Å². The molecule has 144 valence electrons. The number of nitrogen functional groups attached to an aromatic ring is 1. The van der Waals surface area contributed by atoms with E-state index in [1.165, 1.54) is 6.08 Å². The second-order valence-electron chi connectivity index (χ2n) is 6.86. The van der Waals surface area contributed by atoms with Gasteiger partial charge in [0.1, 0.15) is 12.2 Å². The Morgan fingerprint density at radius 2 is 1.45 bits per heavy atom. The van der Waals surface area contributed by atoms with Crippen molar-refractivity contribution >= 4 is 23.7 Å². The average Bonchev–Trinajstić information content (AvgIpc) is 3.05. The molecule has 29 heavy (non-hydrogen) atoms. The molecule has 3 N–H and O–H groups in total. The van der Waals surface area contributed by atoms with E-state index in [0.717, 1.165) is 22.3 Å². The predicted molar refractivity (Wildman–Crippen MR) is 111 cm³/mol. The maximum atomic E-state index is 12.5. The summed E-state index contributed by atoms with van der Waals surface area (Å²) >= 11 is 0. The second kappa shape index (κ2) is 7.64. The first-order valence-corrected chi connectivity index (χ1v) is 9.20. The third kappa shape index (κ3) is 3.62. The van der Waals surface area contributed by atoms with Crippen molar-refractivity contribution in [2.24, 2.45) is 0 Å². The molecule has 0 saturated carbocycles. The van der Waals surface area contributed by atoms with Crippen LogP contribution in [0.3, 0.4) is 0 Å². The molecule has 0 unspecified atom stereocenters. The van der Waals surface area contributed by atoms with Gasteiger partial charge in [-0.2, -0.15) is 0 Å². The number of nitrogens with two attached hydrogens (primary N) is 1. The molecule has 0 heterocycles. The zero-order chi connectivity index (χ0) is 20.4. The van der Waals surface area contributed by atoms with Gasteiger partial charge in [-0.3, -0.25) is 0 Å². The summed E-state index contributed by atoms with van der Waals surface area (Å²) in [5.41, 5.74) is 10.7. The molecule has 0 spiro atoms. The van der Waals surface area contributed by atoms with E-state index in [2.05, 4.69) is 0 Å². The van der Waals surface area contributed by atoms with Crippen LogP contribution in [0, 0.1) is 0 Å². The fourth-order valence-corrected chi connectivity index (χ4v) is 3.64. The number of carboxylic acid groups (broad SMARTS) is 1. The Morgan fingerprint density at radius 1 is 0.897 bits per heavy atom. The molecular formula is C24H19NO4. The molecule has 0 saturated heterocycles. The molecule has 0 fully saturated rings. The Kier molecular flexibility index (Phi) is 4.87. The first-order valence-electron chi connectivity index (χ1n) is 9.20. The van der Waals surface area contributed by atoms with Gasteiger partial charge in [-0.05, 0) is 46.0 Å². The summed E-state index contributed by atoms with van der Waals surface area (Å²) in [6, 6.07) is 22.5. The molecule has 3 aromatic carbocycles. The smallest absolute Gasteiger partial charge is 0.345 e. The van der Waals surface area contributed by atoms with E-state index < -0.39 is 17.5 Å². The molecule has 5 heteroatoms. The Balaban J connectivity index is 1.57. The summed E-state index contributed by atoms with van der Waals surface area (Å²) < 4.78 is 5.45. The highest BCUT2D eigenvalue weighted by molar-refractivity contribution is 6.17. The molecular weight excluding hydrogens is 366 g/mol. The highest BCUT2D eigenvalue weighted by atomic mass is 16.5. The number of benzene rings is 3. The molecule has 0 radical (unpaired) electrons. The van der Waals surface area contributed by atoms with E-state index in [4.69, 9.17) is 10.5 Å². The van der Waals surface area contributed by atoms with Crippen LogP contribution < -0.4 is 5.73 Å². The van der Waals surface area contributed by atoms with Gasteiger partial charge in [0.2, 0.25) is 0 Å². The van der Waals surface area contributed by atoms with Crippen molar-refractivity contribution in [1.29, 1.82) is 0 Å². The fraction of sp³-hybridized carbons (Fsp3) is 0.0833. The van der Waals surface area contributed by atoms with Gasteiger partial charge in [-0.15, -0.1) is 0 Å². The van der Waals surface area contributed by atoms with Crippen molar-refractivity contribution in [3.8, 4) is 11.1 Å². The molecule has 5 nitrogen and oxygen atoms in total. The molecule has 0 atom stereocenters. The number of hydrogen-bond acceptors (Lipinski definition) is 4. The van der Waals surface area contributed by atoms with Crippen LogP contribution in [0.25, 0.3) is 17.2 Å². The van der Waals surface area contributed by atoms with Gasteiger partial charge in [0.05, 0.1) is 0 Å². The van der Waals surface area contributed by atoms with Crippen molar-refractivity contribution in [3.05, 3.63) is 95.1 Å². The van der Waals surface area contributed by atoms with Crippen molar-refractivity contribution in [2.75, 3.05) is 12.3 Å². The maximum absolute atomic E-state index is 12.5. The lowest BCUT2D eigenvalue weighted by molar-refractivity contribution is -0.144. The number of rotatable bonds is 5. The van der Waals surface area contributed by atoms with E-state index in [-0.39, 0.29) is 12.5 Å². The lowest BCUT2D eigenvalue weighted by Crippen LogP contribution is -2.18. The fourth-order valence-electron chi connectivity index (χ4n) is 3.64. The summed E-state index contributed by atoms with van der Waals surface area (Å²) in [4.78, 5) is 24.2. The van der Waals surface area contributed by atoms with Crippen LogP contribution >= 0.6 is 0 Å². The summed E-state index contributed by atoms with van der Waals surface area (Å²) in [5, 5.41) is 9.47. The Hall–Kier alpha value is -3.86. The zero-order valence-corrected chi connectivity index (χ0v) is 15.5. The van der Waals surface area contributed by atoms with Gasteiger partial charge in [0.25, 0.3) is 0 Å². The van der Waals surface area contributed by atoms with Crippen LogP contribution in [0.1, 0.15) is 22.6 Å². The number of hydrogen-bond donors (Lipinski definition) is 2. The Bertz CT molecular complexity index is 1070. The minimum atomic E-state index is -1.33. The van der Waals surface area contributed by atoms with E-state index >= 15 is 0 Å². The van der Waals surface area contributed by atoms with Crippen LogP contribution in [-0.2, 0) is 14.3 Å². The van der Waals surface area contributed by atoms with Crippen LogP contribution in [0.15, 0.2) is 78.4 Å². The third-order valence-corrected chi connectivity index (χ3v) is 5.04. The average molecular weight is 385 g/mol. The van der Waals surface area contributed by atoms with Gasteiger partial charge in [0.15, 0.2) is 0 Å². The standard InChI is InChI=1S/C24H19NO4/c25-16-11-9-15(10-12-16)13-21(23(26)27)24(28)29-14-22-19-7-3-1-5-17(19)18-6-2-4-8-20(18)22/h1-13,22H,14,25H2,(H,26,27). The van der Waals surface area contributed by atoms with E-state index in [1.54, 1.807) is 24.3 Å². The van der Waals surface area contributed by atoms with Crippen molar-refractivity contribution in [3.63, 3.8) is 0 Å². The highest BCUT2D eigenvalue weighted by Gasteiger charge is 2.30. The lowest BCUT2D eigenvalue weighted by Gasteiger charge is -2.14. The number of anilines is 1. The highest BCUT2D eigenvalue weighted by Crippen LogP contribution is 2.44. The largest absolute Gasteiger partial charge is 0.477 e. The summed E-state index contributed by atoms with van der Waals surface area (Å²) in [5.74, 6) is -2.33. The van der Waals surface area contributed by atoms with Gasteiger partial charge >= 0.3 is 11.9 Å². The predicted octanol–water partition coefficient (Wildman–Crippen LogP) is 4.09. The van der Waals surface area contributed by atoms with Gasteiger partial charge in [-0.1, -0.05) is 60.7 Å². The van der Waals surface area contributed by atoms with E-state index in [1.807, 2.05) is 48.5 Å². The number of esters is 1. The Morgan fingerprint density at radius 3 is 2.00 bits per heavy atom. The topological polar surface area (TPSA) is 89.6 Å². The van der Waals surface area contributed by atoms with Crippen molar-refractivity contribution < 1.29 is 19.4 Å².